The van der Waals surface area contributed by atoms with Crippen molar-refractivity contribution in [2.45, 2.75) is 46.1 Å². The van der Waals surface area contributed by atoms with Gasteiger partial charge >= 0.3 is 0 Å². The van der Waals surface area contributed by atoms with Gasteiger partial charge in [0.15, 0.2) is 0 Å². The summed E-state index contributed by atoms with van der Waals surface area (Å²) in [5, 5.41) is 1.18. The molecule has 100 valence electrons. The van der Waals surface area contributed by atoms with Crippen LogP contribution in [0.2, 0.25) is 0 Å². The highest BCUT2D eigenvalue weighted by Crippen LogP contribution is 2.18. The van der Waals surface area contributed by atoms with Crippen molar-refractivity contribution in [2.75, 3.05) is 0 Å². The minimum absolute atomic E-state index is 0.0333. The molecule has 2 heteroatoms. The van der Waals surface area contributed by atoms with E-state index in [1.54, 1.807) is 0 Å². The molecule has 0 saturated heterocycles. The van der Waals surface area contributed by atoms with E-state index in [4.69, 9.17) is 4.99 Å². The van der Waals surface area contributed by atoms with Crippen LogP contribution < -0.4 is 0 Å². The van der Waals surface area contributed by atoms with Crippen LogP contribution in [-0.4, -0.2) is 16.2 Å². The Morgan fingerprint density at radius 3 is 2.68 bits per heavy atom. The Morgan fingerprint density at radius 1 is 1.21 bits per heavy atom. The third-order valence-electron chi connectivity index (χ3n) is 2.89. The lowest BCUT2D eigenvalue weighted by Gasteiger charge is -2.16. The number of aromatic nitrogens is 1. The Bertz CT molecular complexity index is 591. The molecule has 0 saturated carbocycles. The van der Waals surface area contributed by atoms with Crippen molar-refractivity contribution in [1.82, 2.24) is 4.98 Å². The van der Waals surface area contributed by atoms with E-state index in [1.165, 1.54) is 16.7 Å². The molecule has 2 rings (SSSR count). The molecular formula is C17H22N2. The predicted octanol–water partition coefficient (Wildman–Crippen LogP) is 4.62. The summed E-state index contributed by atoms with van der Waals surface area (Å²) in [6.45, 7) is 8.63. The highest BCUT2D eigenvalue weighted by molar-refractivity contribution is 6.03. The fraction of sp³-hybridized carbons (Fsp3) is 0.412. The van der Waals surface area contributed by atoms with E-state index in [2.05, 4.69) is 56.9 Å². The second kappa shape index (κ2) is 5.52. The standard InChI is InChI=1S/C17H22N2/c1-5-7-16(19-17(2,3)4)14-9-10-15-13(12-14)8-6-11-18-15/h6,8-12H,5,7H2,1-4H3/b19-16+. The third kappa shape index (κ3) is 3.63. The summed E-state index contributed by atoms with van der Waals surface area (Å²) in [6.07, 6.45) is 3.96. The summed E-state index contributed by atoms with van der Waals surface area (Å²) in [5.41, 5.74) is 3.42. The van der Waals surface area contributed by atoms with Gasteiger partial charge in [-0.25, -0.2) is 0 Å². The van der Waals surface area contributed by atoms with Crippen molar-refractivity contribution in [3.63, 3.8) is 0 Å². The smallest absolute Gasteiger partial charge is 0.0702 e. The highest BCUT2D eigenvalue weighted by atomic mass is 14.8. The Kier molecular flexibility index (Phi) is 3.98. The first-order valence-corrected chi connectivity index (χ1v) is 6.93. The Labute approximate surface area is 115 Å². The molecule has 0 aliphatic heterocycles. The van der Waals surface area contributed by atoms with E-state index in [9.17, 15) is 0 Å². The summed E-state index contributed by atoms with van der Waals surface area (Å²) < 4.78 is 0. The van der Waals surface area contributed by atoms with Gasteiger partial charge in [0.25, 0.3) is 0 Å². The van der Waals surface area contributed by atoms with Gasteiger partial charge in [0.05, 0.1) is 11.1 Å². The number of rotatable bonds is 3. The normalized spacial score (nSPS) is 12.9. The lowest BCUT2D eigenvalue weighted by molar-refractivity contribution is 0.581. The second-order valence-corrected chi connectivity index (χ2v) is 5.89. The first-order chi connectivity index (χ1) is 8.99. The maximum atomic E-state index is 4.87. The number of hydrogen-bond donors (Lipinski definition) is 0. The van der Waals surface area contributed by atoms with Gasteiger partial charge < -0.3 is 0 Å². The first kappa shape index (κ1) is 13.7. The molecule has 0 aliphatic rings. The SMILES string of the molecule is CCC/C(=N\C(C)(C)C)c1ccc2ncccc2c1. The van der Waals surface area contributed by atoms with E-state index >= 15 is 0 Å². The van der Waals surface area contributed by atoms with Crippen LogP contribution in [0, 0.1) is 0 Å². The molecule has 1 heterocycles. The molecule has 0 N–H and O–H groups in total. The number of pyridine rings is 1. The molecule has 0 aliphatic carbocycles. The van der Waals surface area contributed by atoms with Crippen molar-refractivity contribution in [1.29, 1.82) is 0 Å². The summed E-state index contributed by atoms with van der Waals surface area (Å²) >= 11 is 0. The minimum atomic E-state index is -0.0333. The Balaban J connectivity index is 2.47. The van der Waals surface area contributed by atoms with Crippen LogP contribution in [0.4, 0.5) is 0 Å². The van der Waals surface area contributed by atoms with Gasteiger partial charge in [-0.15, -0.1) is 0 Å². The molecule has 2 aromatic rings. The third-order valence-corrected chi connectivity index (χ3v) is 2.89. The monoisotopic (exact) mass is 254 g/mol. The zero-order chi connectivity index (χ0) is 13.9. The van der Waals surface area contributed by atoms with Crippen LogP contribution in [0.1, 0.15) is 46.1 Å². The molecule has 0 radical (unpaired) electrons. The van der Waals surface area contributed by atoms with Crippen LogP contribution in [0.5, 0.6) is 0 Å². The van der Waals surface area contributed by atoms with Crippen LogP contribution in [0.3, 0.4) is 0 Å². The van der Waals surface area contributed by atoms with Crippen LogP contribution in [-0.2, 0) is 0 Å². The number of fused-ring (bicyclic) bond motifs is 1. The quantitative estimate of drug-likeness (QED) is 0.733. The van der Waals surface area contributed by atoms with Crippen molar-refractivity contribution in [2.24, 2.45) is 4.99 Å². The molecule has 0 spiro atoms. The van der Waals surface area contributed by atoms with Crippen LogP contribution in [0.15, 0.2) is 41.5 Å². The average Bonchev–Trinajstić information content (AvgIpc) is 2.36. The van der Waals surface area contributed by atoms with Crippen molar-refractivity contribution in [3.8, 4) is 0 Å². The van der Waals surface area contributed by atoms with Gasteiger partial charge in [-0.1, -0.05) is 25.5 Å². The molecule has 1 aromatic carbocycles. The van der Waals surface area contributed by atoms with Gasteiger partial charge in [0.1, 0.15) is 0 Å². The van der Waals surface area contributed by atoms with Gasteiger partial charge in [-0.2, -0.15) is 0 Å². The van der Waals surface area contributed by atoms with E-state index in [0.717, 1.165) is 18.4 Å². The predicted molar refractivity (Wildman–Crippen MR) is 82.9 cm³/mol. The maximum Gasteiger partial charge on any atom is 0.0702 e. The van der Waals surface area contributed by atoms with E-state index < -0.39 is 0 Å². The molecule has 0 fully saturated rings. The molecule has 0 atom stereocenters. The van der Waals surface area contributed by atoms with Gasteiger partial charge in [0.2, 0.25) is 0 Å². The van der Waals surface area contributed by atoms with E-state index in [-0.39, 0.29) is 5.54 Å². The van der Waals surface area contributed by atoms with Gasteiger partial charge in [0, 0.05) is 17.3 Å². The second-order valence-electron chi connectivity index (χ2n) is 5.89. The Hall–Kier alpha value is -1.70. The van der Waals surface area contributed by atoms with Crippen LogP contribution in [0.25, 0.3) is 10.9 Å². The summed E-state index contributed by atoms with van der Waals surface area (Å²) in [6, 6.07) is 10.5. The molecule has 0 unspecified atom stereocenters. The van der Waals surface area contributed by atoms with Gasteiger partial charge in [-0.3, -0.25) is 9.98 Å². The minimum Gasteiger partial charge on any atom is -0.283 e. The largest absolute Gasteiger partial charge is 0.283 e. The Morgan fingerprint density at radius 2 is 2.00 bits per heavy atom. The maximum absolute atomic E-state index is 4.87. The number of aliphatic imine (C=N–C) groups is 1. The number of nitrogens with zero attached hydrogens (tertiary/aromatic N) is 2. The van der Waals surface area contributed by atoms with Crippen molar-refractivity contribution < 1.29 is 0 Å². The topological polar surface area (TPSA) is 25.2 Å². The zero-order valence-corrected chi connectivity index (χ0v) is 12.3. The lowest BCUT2D eigenvalue weighted by Crippen LogP contribution is -2.15. The molecule has 0 bridgehead atoms. The highest BCUT2D eigenvalue weighted by Gasteiger charge is 2.11. The van der Waals surface area contributed by atoms with Crippen LogP contribution >= 0.6 is 0 Å². The molecule has 0 amide bonds. The van der Waals surface area contributed by atoms with E-state index in [0.29, 0.717) is 0 Å². The molecular weight excluding hydrogens is 232 g/mol. The molecule has 19 heavy (non-hydrogen) atoms. The molecule has 1 aromatic heterocycles. The van der Waals surface area contributed by atoms with Crippen molar-refractivity contribution in [3.05, 3.63) is 42.1 Å². The zero-order valence-electron chi connectivity index (χ0n) is 12.3. The van der Waals surface area contributed by atoms with Gasteiger partial charge in [-0.05, 0) is 51.0 Å². The fourth-order valence-corrected chi connectivity index (χ4v) is 2.16. The lowest BCUT2D eigenvalue weighted by atomic mass is 10.0. The summed E-state index contributed by atoms with van der Waals surface area (Å²) in [4.78, 5) is 9.23. The first-order valence-electron chi connectivity index (χ1n) is 6.93. The number of benzene rings is 1. The number of hydrogen-bond acceptors (Lipinski definition) is 2. The summed E-state index contributed by atoms with van der Waals surface area (Å²) in [7, 11) is 0. The van der Waals surface area contributed by atoms with Crippen molar-refractivity contribution >= 4 is 16.6 Å². The average molecular weight is 254 g/mol. The molecule has 2 nitrogen and oxygen atoms in total. The van der Waals surface area contributed by atoms with E-state index in [1.807, 2.05) is 12.3 Å². The fourth-order valence-electron chi connectivity index (χ4n) is 2.16. The summed E-state index contributed by atoms with van der Waals surface area (Å²) in [5.74, 6) is 0.